The van der Waals surface area contributed by atoms with Gasteiger partial charge >= 0.3 is 0 Å². The lowest BCUT2D eigenvalue weighted by Gasteiger charge is -2.09. The number of pyridine rings is 1. The minimum atomic E-state index is -0.191. The molecule has 0 bridgehead atoms. The third-order valence-corrected chi connectivity index (χ3v) is 4.17. The second kappa shape index (κ2) is 5.48. The van der Waals surface area contributed by atoms with E-state index < -0.39 is 0 Å². The van der Waals surface area contributed by atoms with Gasteiger partial charge < -0.3 is 9.84 Å². The number of carbonyl (C=O) groups excluding carboxylic acids is 1. The first-order chi connectivity index (χ1) is 10.1. The second-order valence-corrected chi connectivity index (χ2v) is 6.27. The predicted octanol–water partition coefficient (Wildman–Crippen LogP) is 2.49. The highest BCUT2D eigenvalue weighted by atomic mass is 32.2. The van der Waals surface area contributed by atoms with Crippen molar-refractivity contribution in [3.63, 3.8) is 0 Å². The fourth-order valence-corrected chi connectivity index (χ4v) is 2.89. The number of amidine groups is 1. The van der Waals surface area contributed by atoms with Crippen LogP contribution >= 0.6 is 11.8 Å². The van der Waals surface area contributed by atoms with E-state index in [0.29, 0.717) is 27.5 Å². The lowest BCUT2D eigenvalue weighted by Crippen LogP contribution is -2.27. The average Bonchev–Trinajstić information content (AvgIpc) is 3.08. The molecule has 1 aliphatic rings. The molecule has 1 aliphatic heterocycles. The fraction of sp³-hybridized carbons (Fsp3) is 0.429. The zero-order chi connectivity index (χ0) is 15.0. The van der Waals surface area contributed by atoms with Crippen molar-refractivity contribution in [2.75, 3.05) is 12.3 Å². The Labute approximate surface area is 126 Å². The van der Waals surface area contributed by atoms with Gasteiger partial charge in [-0.1, -0.05) is 30.8 Å². The van der Waals surface area contributed by atoms with Gasteiger partial charge in [0.15, 0.2) is 5.17 Å². The minimum Gasteiger partial charge on any atom is -0.336 e. The Morgan fingerprint density at radius 3 is 2.95 bits per heavy atom. The Bertz CT molecular complexity index is 736. The first kappa shape index (κ1) is 14.1. The van der Waals surface area contributed by atoms with Gasteiger partial charge in [-0.05, 0) is 18.9 Å². The lowest BCUT2D eigenvalue weighted by molar-refractivity contribution is 0.0979. The van der Waals surface area contributed by atoms with Crippen molar-refractivity contribution in [3.05, 3.63) is 23.0 Å². The highest BCUT2D eigenvalue weighted by molar-refractivity contribution is 8.14. The number of thioether (sulfide) groups is 1. The number of hydrogen-bond donors (Lipinski definition) is 1. The molecule has 0 aromatic carbocycles. The van der Waals surface area contributed by atoms with E-state index in [-0.39, 0.29) is 11.8 Å². The molecule has 21 heavy (non-hydrogen) atoms. The maximum atomic E-state index is 12.5. The van der Waals surface area contributed by atoms with Crippen LogP contribution in [0.2, 0.25) is 0 Å². The summed E-state index contributed by atoms with van der Waals surface area (Å²) in [5, 5.41) is 8.10. The van der Waals surface area contributed by atoms with Gasteiger partial charge in [0.25, 0.3) is 11.6 Å². The highest BCUT2D eigenvalue weighted by Crippen LogP contribution is 2.25. The van der Waals surface area contributed by atoms with Crippen LogP contribution < -0.4 is 5.32 Å². The van der Waals surface area contributed by atoms with Crippen molar-refractivity contribution in [1.82, 2.24) is 15.5 Å². The molecule has 3 heterocycles. The monoisotopic (exact) mass is 304 g/mol. The van der Waals surface area contributed by atoms with Crippen LogP contribution in [0.15, 0.2) is 15.6 Å². The molecule has 7 heteroatoms. The maximum absolute atomic E-state index is 12.5. The third kappa shape index (κ3) is 2.65. The summed E-state index contributed by atoms with van der Waals surface area (Å²) in [6, 6.07) is 1.81. The number of aryl methyl sites for hydroxylation is 1. The van der Waals surface area contributed by atoms with Crippen molar-refractivity contribution < 1.29 is 9.32 Å². The van der Waals surface area contributed by atoms with Crippen molar-refractivity contribution in [1.29, 1.82) is 0 Å². The van der Waals surface area contributed by atoms with E-state index in [1.807, 2.05) is 19.9 Å². The van der Waals surface area contributed by atoms with Crippen LogP contribution in [0.1, 0.15) is 41.5 Å². The summed E-state index contributed by atoms with van der Waals surface area (Å²) in [6.07, 6.45) is 0. The van der Waals surface area contributed by atoms with E-state index in [1.165, 1.54) is 0 Å². The number of nitrogens with one attached hydrogen (secondary N) is 1. The number of aliphatic imine (C=N–C) groups is 1. The predicted molar refractivity (Wildman–Crippen MR) is 82.9 cm³/mol. The molecule has 110 valence electrons. The zero-order valence-electron chi connectivity index (χ0n) is 12.1. The fourth-order valence-electron chi connectivity index (χ4n) is 2.16. The standard InChI is InChI=1S/C14H16N4O2S/c1-7(2)10-6-9(11-8(3)18-20-13(11)16-10)12(19)17-14-15-4-5-21-14/h6-7H,4-5H2,1-3H3,(H,15,17,19). The van der Waals surface area contributed by atoms with Crippen LogP contribution in [-0.4, -0.2) is 33.5 Å². The lowest BCUT2D eigenvalue weighted by atomic mass is 10.0. The minimum absolute atomic E-state index is 0.191. The van der Waals surface area contributed by atoms with Gasteiger partial charge in [0.1, 0.15) is 0 Å². The summed E-state index contributed by atoms with van der Waals surface area (Å²) in [5.74, 6) is 0.915. The van der Waals surface area contributed by atoms with Gasteiger partial charge in [-0.25, -0.2) is 4.98 Å². The molecule has 2 aromatic rings. The summed E-state index contributed by atoms with van der Waals surface area (Å²) in [7, 11) is 0. The number of nitrogens with zero attached hydrogens (tertiary/aromatic N) is 3. The Kier molecular flexibility index (Phi) is 3.67. The first-order valence-corrected chi connectivity index (χ1v) is 7.80. The third-order valence-electron chi connectivity index (χ3n) is 3.28. The summed E-state index contributed by atoms with van der Waals surface area (Å²) in [5.41, 5.74) is 2.42. The Morgan fingerprint density at radius 1 is 1.48 bits per heavy atom. The summed E-state index contributed by atoms with van der Waals surface area (Å²) in [4.78, 5) is 21.2. The van der Waals surface area contributed by atoms with E-state index in [0.717, 1.165) is 18.0 Å². The molecule has 6 nitrogen and oxygen atoms in total. The zero-order valence-corrected chi connectivity index (χ0v) is 13.0. The van der Waals surface area contributed by atoms with E-state index in [4.69, 9.17) is 4.52 Å². The normalized spacial score (nSPS) is 14.8. The molecule has 1 N–H and O–H groups in total. The van der Waals surface area contributed by atoms with Crippen LogP contribution in [0.25, 0.3) is 11.1 Å². The SMILES string of the molecule is Cc1noc2nc(C(C)C)cc(C(=O)NC3=NCCS3)c12. The van der Waals surface area contributed by atoms with Crippen LogP contribution in [-0.2, 0) is 0 Å². The molecule has 0 saturated heterocycles. The van der Waals surface area contributed by atoms with E-state index in [2.05, 4.69) is 20.4 Å². The van der Waals surface area contributed by atoms with Crippen molar-refractivity contribution in [2.24, 2.45) is 4.99 Å². The van der Waals surface area contributed by atoms with Gasteiger partial charge in [-0.15, -0.1) is 0 Å². The molecule has 2 aromatic heterocycles. The summed E-state index contributed by atoms with van der Waals surface area (Å²) >= 11 is 1.55. The molecule has 0 saturated carbocycles. The molecular weight excluding hydrogens is 288 g/mol. The molecule has 0 fully saturated rings. The van der Waals surface area contributed by atoms with Crippen LogP contribution in [0.5, 0.6) is 0 Å². The largest absolute Gasteiger partial charge is 0.336 e. The smallest absolute Gasteiger partial charge is 0.259 e. The number of hydrogen-bond acceptors (Lipinski definition) is 6. The molecule has 0 aliphatic carbocycles. The maximum Gasteiger partial charge on any atom is 0.259 e. The van der Waals surface area contributed by atoms with Crippen molar-refractivity contribution in [3.8, 4) is 0 Å². The molecule has 0 spiro atoms. The van der Waals surface area contributed by atoms with Gasteiger partial charge in [0.05, 0.1) is 23.2 Å². The molecule has 0 unspecified atom stereocenters. The molecule has 0 atom stereocenters. The van der Waals surface area contributed by atoms with Crippen molar-refractivity contribution >= 4 is 33.9 Å². The first-order valence-electron chi connectivity index (χ1n) is 6.82. The van der Waals surface area contributed by atoms with Crippen LogP contribution in [0, 0.1) is 6.92 Å². The van der Waals surface area contributed by atoms with Gasteiger partial charge in [0, 0.05) is 11.4 Å². The van der Waals surface area contributed by atoms with E-state index in [9.17, 15) is 4.79 Å². The van der Waals surface area contributed by atoms with E-state index in [1.54, 1.807) is 18.7 Å². The van der Waals surface area contributed by atoms with Gasteiger partial charge in [-0.2, -0.15) is 0 Å². The Hall–Kier alpha value is -1.89. The quantitative estimate of drug-likeness (QED) is 0.922. The summed E-state index contributed by atoms with van der Waals surface area (Å²) in [6.45, 7) is 6.60. The molecular formula is C14H16N4O2S. The molecule has 1 amide bonds. The van der Waals surface area contributed by atoms with Crippen LogP contribution in [0.3, 0.4) is 0 Å². The molecule has 3 rings (SSSR count). The number of carbonyl (C=O) groups is 1. The van der Waals surface area contributed by atoms with Crippen LogP contribution in [0.4, 0.5) is 0 Å². The number of aromatic nitrogens is 2. The second-order valence-electron chi connectivity index (χ2n) is 5.19. The number of amides is 1. The van der Waals surface area contributed by atoms with E-state index >= 15 is 0 Å². The van der Waals surface area contributed by atoms with Gasteiger partial charge in [0.2, 0.25) is 0 Å². The Balaban J connectivity index is 2.06. The number of fused-ring (bicyclic) bond motifs is 1. The average molecular weight is 304 g/mol. The summed E-state index contributed by atoms with van der Waals surface area (Å²) < 4.78 is 5.22. The molecule has 0 radical (unpaired) electrons. The highest BCUT2D eigenvalue weighted by Gasteiger charge is 2.21. The van der Waals surface area contributed by atoms with Gasteiger partial charge in [-0.3, -0.25) is 9.79 Å². The number of rotatable bonds is 2. The van der Waals surface area contributed by atoms with Crippen molar-refractivity contribution in [2.45, 2.75) is 26.7 Å². The Morgan fingerprint density at radius 2 is 2.29 bits per heavy atom. The topological polar surface area (TPSA) is 80.4 Å².